The predicted octanol–water partition coefficient (Wildman–Crippen LogP) is 4.98. The molecule has 0 aliphatic carbocycles. The molecule has 0 bridgehead atoms. The second-order valence-corrected chi connectivity index (χ2v) is 6.48. The molecule has 3 nitrogen and oxygen atoms in total. The van der Waals surface area contributed by atoms with Gasteiger partial charge in [0.25, 0.3) is 0 Å². The Labute approximate surface area is 162 Å². The minimum atomic E-state index is -4.62. The average molecular weight is 403 g/mol. The maximum absolute atomic E-state index is 15.3. The number of nitrogens with one attached hydrogen (secondary N) is 1. The highest BCUT2D eigenvalue weighted by atomic mass is 19.4. The molecule has 0 saturated carbocycles. The number of nitrogens with zero attached hydrogens (tertiary/aromatic N) is 2. The van der Waals surface area contributed by atoms with Gasteiger partial charge in [-0.25, -0.2) is 8.78 Å². The summed E-state index contributed by atoms with van der Waals surface area (Å²) in [5, 5.41) is 9.74. The number of alkyl halides is 3. The number of fused-ring (bicyclic) bond motifs is 1. The van der Waals surface area contributed by atoms with E-state index in [1.165, 1.54) is 12.1 Å². The van der Waals surface area contributed by atoms with Crippen LogP contribution in [0.4, 0.5) is 22.0 Å². The predicted molar refractivity (Wildman–Crippen MR) is 97.6 cm³/mol. The van der Waals surface area contributed by atoms with Crippen LogP contribution in [0.3, 0.4) is 0 Å². The largest absolute Gasteiger partial charge is 0.435 e. The fourth-order valence-corrected chi connectivity index (χ4v) is 3.29. The van der Waals surface area contributed by atoms with E-state index in [2.05, 4.69) is 15.5 Å². The molecule has 0 amide bonds. The maximum atomic E-state index is 15.3. The van der Waals surface area contributed by atoms with Crippen molar-refractivity contribution in [2.45, 2.75) is 12.7 Å². The van der Waals surface area contributed by atoms with E-state index >= 15 is 4.39 Å². The standard InChI is InChI=1S/C21H14F5N3/c22-17-4-2-1-3-14(17)13-9-10-27-11-16-12(13)5-6-15(20(16)23)18-7-8-19(29-28-18)21(24,25)26/h1-9,27H,10-11H2. The highest BCUT2D eigenvalue weighted by Gasteiger charge is 2.33. The van der Waals surface area contributed by atoms with Crippen molar-refractivity contribution in [2.24, 2.45) is 0 Å². The van der Waals surface area contributed by atoms with Crippen molar-refractivity contribution in [3.05, 3.63) is 88.6 Å². The normalized spacial score (nSPS) is 14.2. The lowest BCUT2D eigenvalue weighted by atomic mass is 9.91. The first-order chi connectivity index (χ1) is 13.9. The molecule has 1 aliphatic heterocycles. The molecule has 1 aliphatic rings. The van der Waals surface area contributed by atoms with Crippen molar-refractivity contribution in [1.82, 2.24) is 15.5 Å². The molecular weight excluding hydrogens is 389 g/mol. The molecule has 29 heavy (non-hydrogen) atoms. The van der Waals surface area contributed by atoms with Gasteiger partial charge in [-0.1, -0.05) is 30.3 Å². The van der Waals surface area contributed by atoms with Crippen LogP contribution in [0.1, 0.15) is 22.4 Å². The molecule has 0 atom stereocenters. The van der Waals surface area contributed by atoms with Gasteiger partial charge in [-0.3, -0.25) is 0 Å². The summed E-state index contributed by atoms with van der Waals surface area (Å²) in [5.41, 5.74) is 0.562. The Hall–Kier alpha value is -3.13. The Morgan fingerprint density at radius 3 is 2.28 bits per heavy atom. The molecule has 3 aromatic rings. The minimum absolute atomic E-state index is 0.0148. The van der Waals surface area contributed by atoms with Crippen molar-refractivity contribution in [1.29, 1.82) is 0 Å². The summed E-state index contributed by atoms with van der Waals surface area (Å²) in [4.78, 5) is 0. The third-order valence-electron chi connectivity index (χ3n) is 4.68. The van der Waals surface area contributed by atoms with E-state index in [1.54, 1.807) is 30.3 Å². The SMILES string of the molecule is Fc1ccccc1C1=CCNCc2c1ccc(-c1ccc(C(F)(F)F)nn1)c2F. The number of benzene rings is 2. The summed E-state index contributed by atoms with van der Waals surface area (Å²) in [6.45, 7) is 0.588. The third kappa shape index (κ3) is 3.63. The summed E-state index contributed by atoms with van der Waals surface area (Å²) >= 11 is 0. The van der Waals surface area contributed by atoms with Gasteiger partial charge in [0.2, 0.25) is 0 Å². The van der Waals surface area contributed by atoms with Crippen LogP contribution in [-0.4, -0.2) is 16.7 Å². The Morgan fingerprint density at radius 2 is 1.59 bits per heavy atom. The molecule has 2 aromatic carbocycles. The topological polar surface area (TPSA) is 37.8 Å². The Bertz CT molecular complexity index is 1090. The van der Waals surface area contributed by atoms with E-state index in [1.807, 2.05) is 0 Å². The second-order valence-electron chi connectivity index (χ2n) is 6.48. The van der Waals surface area contributed by atoms with Crippen LogP contribution in [0.15, 0.2) is 54.6 Å². The van der Waals surface area contributed by atoms with Gasteiger partial charge in [0.1, 0.15) is 11.6 Å². The van der Waals surface area contributed by atoms with Gasteiger partial charge < -0.3 is 5.32 Å². The lowest BCUT2D eigenvalue weighted by molar-refractivity contribution is -0.141. The molecule has 0 spiro atoms. The van der Waals surface area contributed by atoms with Gasteiger partial charge in [-0.05, 0) is 35.4 Å². The first-order valence-electron chi connectivity index (χ1n) is 8.75. The molecule has 0 radical (unpaired) electrons. The van der Waals surface area contributed by atoms with Gasteiger partial charge >= 0.3 is 6.18 Å². The number of hydrogen-bond acceptors (Lipinski definition) is 3. The van der Waals surface area contributed by atoms with Crippen LogP contribution in [0.2, 0.25) is 0 Å². The molecule has 4 rings (SSSR count). The quantitative estimate of drug-likeness (QED) is 0.614. The fraction of sp³-hybridized carbons (Fsp3) is 0.143. The van der Waals surface area contributed by atoms with Crippen molar-refractivity contribution in [3.8, 4) is 11.3 Å². The highest BCUT2D eigenvalue weighted by molar-refractivity contribution is 5.83. The molecule has 0 saturated heterocycles. The van der Waals surface area contributed by atoms with Gasteiger partial charge in [-0.15, -0.1) is 10.2 Å². The van der Waals surface area contributed by atoms with Crippen LogP contribution in [0.5, 0.6) is 0 Å². The van der Waals surface area contributed by atoms with Gasteiger partial charge in [0.15, 0.2) is 5.69 Å². The maximum Gasteiger partial charge on any atom is 0.435 e. The number of aromatic nitrogens is 2. The molecule has 2 heterocycles. The smallest absolute Gasteiger partial charge is 0.309 e. The Balaban J connectivity index is 1.80. The van der Waals surface area contributed by atoms with Crippen molar-refractivity contribution < 1.29 is 22.0 Å². The Morgan fingerprint density at radius 1 is 0.828 bits per heavy atom. The van der Waals surface area contributed by atoms with E-state index in [0.717, 1.165) is 12.1 Å². The first kappa shape index (κ1) is 19.2. The highest BCUT2D eigenvalue weighted by Crippen LogP contribution is 2.35. The summed E-state index contributed by atoms with van der Waals surface area (Å²) in [7, 11) is 0. The first-order valence-corrected chi connectivity index (χ1v) is 8.75. The van der Waals surface area contributed by atoms with Crippen LogP contribution >= 0.6 is 0 Å². The minimum Gasteiger partial charge on any atom is -0.309 e. The van der Waals surface area contributed by atoms with Crippen LogP contribution in [0, 0.1) is 11.6 Å². The summed E-state index contributed by atoms with van der Waals surface area (Å²) < 4.78 is 67.7. The van der Waals surface area contributed by atoms with Gasteiger partial charge in [0, 0.05) is 29.8 Å². The van der Waals surface area contributed by atoms with E-state index in [9.17, 15) is 17.6 Å². The molecule has 8 heteroatoms. The van der Waals surface area contributed by atoms with Crippen molar-refractivity contribution >= 4 is 5.57 Å². The summed E-state index contributed by atoms with van der Waals surface area (Å²) in [6.07, 6.45) is -2.84. The van der Waals surface area contributed by atoms with Gasteiger partial charge in [-0.2, -0.15) is 13.2 Å². The zero-order valence-corrected chi connectivity index (χ0v) is 14.9. The zero-order valence-electron chi connectivity index (χ0n) is 14.9. The third-order valence-corrected chi connectivity index (χ3v) is 4.68. The van der Waals surface area contributed by atoms with Crippen LogP contribution in [-0.2, 0) is 12.7 Å². The molecule has 0 fully saturated rings. The summed E-state index contributed by atoms with van der Waals surface area (Å²) in [6, 6.07) is 11.1. The Kier molecular flexibility index (Phi) is 4.87. The van der Waals surface area contributed by atoms with Crippen molar-refractivity contribution in [3.63, 3.8) is 0 Å². The lowest BCUT2D eigenvalue weighted by Crippen LogP contribution is -2.13. The van der Waals surface area contributed by atoms with Crippen molar-refractivity contribution in [2.75, 3.05) is 6.54 Å². The summed E-state index contributed by atoms with van der Waals surface area (Å²) in [5.74, 6) is -1.06. The molecule has 0 unspecified atom stereocenters. The number of halogens is 5. The van der Waals surface area contributed by atoms with Gasteiger partial charge in [0.05, 0.1) is 5.69 Å². The molecule has 148 valence electrons. The second kappa shape index (κ2) is 7.36. The van der Waals surface area contributed by atoms with Crippen LogP contribution in [0.25, 0.3) is 16.8 Å². The average Bonchev–Trinajstić information content (AvgIpc) is 2.91. The molecular formula is C21H14F5N3. The van der Waals surface area contributed by atoms with E-state index in [4.69, 9.17) is 0 Å². The van der Waals surface area contributed by atoms with Crippen LogP contribution < -0.4 is 5.32 Å². The number of rotatable bonds is 2. The fourth-order valence-electron chi connectivity index (χ4n) is 3.29. The lowest BCUT2D eigenvalue weighted by Gasteiger charge is -2.15. The van der Waals surface area contributed by atoms with E-state index < -0.39 is 23.5 Å². The zero-order chi connectivity index (χ0) is 20.6. The monoisotopic (exact) mass is 403 g/mol. The van der Waals surface area contributed by atoms with E-state index in [0.29, 0.717) is 23.2 Å². The molecule has 1 aromatic heterocycles. The molecule has 1 N–H and O–H groups in total. The number of hydrogen-bond donors (Lipinski definition) is 1. The van der Waals surface area contributed by atoms with E-state index in [-0.39, 0.29) is 23.4 Å².